The highest BCUT2D eigenvalue weighted by Crippen LogP contribution is 2.43. The van der Waals surface area contributed by atoms with Gasteiger partial charge in [-0.25, -0.2) is 4.99 Å². The average molecular weight is 380 g/mol. The molecule has 0 saturated carbocycles. The third kappa shape index (κ3) is 3.37. The molecule has 0 unspecified atom stereocenters. The van der Waals surface area contributed by atoms with Crippen LogP contribution in [0.3, 0.4) is 0 Å². The van der Waals surface area contributed by atoms with Crippen molar-refractivity contribution in [3.05, 3.63) is 60.2 Å². The fraction of sp³-hybridized carbons (Fsp3) is 0.364. The lowest BCUT2D eigenvalue weighted by Crippen LogP contribution is -2.60. The highest BCUT2D eigenvalue weighted by Gasteiger charge is 2.53. The maximum Gasteiger partial charge on any atom is 0.202 e. The van der Waals surface area contributed by atoms with Gasteiger partial charge in [-0.2, -0.15) is 0 Å². The van der Waals surface area contributed by atoms with E-state index >= 15 is 0 Å². The minimum Gasteiger partial charge on any atom is -0.375 e. The highest BCUT2D eigenvalue weighted by atomic mass is 32.1. The second-order valence-electron chi connectivity index (χ2n) is 7.97. The standard InChI is InChI=1S/C22H25N3OS/c1-16-8-7-11-18(14-16)25-20(27)24-19(23-17-9-5-4-6-10-17)22(25)12-13-26-21(2,3)15-22/h4-11,14H,12-13,15H2,1-3H3,(H,23,24,27)/t22-/m0/s1. The molecule has 140 valence electrons. The molecule has 1 fully saturated rings. The first kappa shape index (κ1) is 18.1. The van der Waals surface area contributed by atoms with Gasteiger partial charge in [0, 0.05) is 30.8 Å². The van der Waals surface area contributed by atoms with E-state index in [-0.39, 0.29) is 11.1 Å². The van der Waals surface area contributed by atoms with Crippen LogP contribution in [0.1, 0.15) is 32.3 Å². The number of nitrogens with one attached hydrogen (secondary N) is 1. The molecule has 0 aromatic heterocycles. The van der Waals surface area contributed by atoms with Crippen molar-refractivity contribution in [1.29, 1.82) is 0 Å². The molecule has 2 aromatic carbocycles. The normalized spacial score (nSPS) is 24.2. The summed E-state index contributed by atoms with van der Waals surface area (Å²) < 4.78 is 6.04. The number of aliphatic imine (C=N–C) groups is 1. The zero-order valence-electron chi connectivity index (χ0n) is 16.0. The Balaban J connectivity index is 1.79. The lowest BCUT2D eigenvalue weighted by Gasteiger charge is -2.48. The maximum atomic E-state index is 6.04. The number of para-hydroxylation sites is 1. The second kappa shape index (κ2) is 6.73. The van der Waals surface area contributed by atoms with Crippen molar-refractivity contribution in [2.75, 3.05) is 16.8 Å². The lowest BCUT2D eigenvalue weighted by molar-refractivity contribution is -0.0661. The predicted molar refractivity (Wildman–Crippen MR) is 116 cm³/mol. The summed E-state index contributed by atoms with van der Waals surface area (Å²) in [5.74, 6) is 0.914. The Morgan fingerprint density at radius 1 is 1.11 bits per heavy atom. The van der Waals surface area contributed by atoms with Gasteiger partial charge in [-0.05, 0) is 62.8 Å². The molecule has 0 amide bonds. The van der Waals surface area contributed by atoms with E-state index in [2.05, 4.69) is 67.4 Å². The maximum absolute atomic E-state index is 6.04. The summed E-state index contributed by atoms with van der Waals surface area (Å²) >= 11 is 5.75. The average Bonchev–Trinajstić information content (AvgIpc) is 2.85. The molecular weight excluding hydrogens is 354 g/mol. The Labute approximate surface area is 166 Å². The molecule has 4 rings (SSSR count). The number of anilines is 2. The number of thiocarbonyl (C=S) groups is 1. The quantitative estimate of drug-likeness (QED) is 0.750. The van der Waals surface area contributed by atoms with Gasteiger partial charge in [0.1, 0.15) is 11.4 Å². The lowest BCUT2D eigenvalue weighted by atomic mass is 9.79. The molecule has 1 spiro atoms. The number of rotatable bonds is 2. The van der Waals surface area contributed by atoms with Crippen LogP contribution in [0.4, 0.5) is 11.4 Å². The van der Waals surface area contributed by atoms with E-state index in [1.54, 1.807) is 0 Å². The number of ether oxygens (including phenoxy) is 1. The summed E-state index contributed by atoms with van der Waals surface area (Å²) in [4.78, 5) is 7.05. The highest BCUT2D eigenvalue weighted by molar-refractivity contribution is 7.80. The van der Waals surface area contributed by atoms with Gasteiger partial charge < -0.3 is 15.0 Å². The molecule has 0 radical (unpaired) electrons. The summed E-state index contributed by atoms with van der Waals surface area (Å²) in [5, 5.41) is 4.16. The molecule has 2 aliphatic rings. The first-order valence-corrected chi connectivity index (χ1v) is 9.77. The SMILES string of the molecule is Cc1cccc(N2C(=S)N=C(Nc3ccccc3)[C@@]23CCOC(C)(C)C3)c1. The van der Waals surface area contributed by atoms with Crippen LogP contribution in [0.2, 0.25) is 0 Å². The van der Waals surface area contributed by atoms with Crippen molar-refractivity contribution < 1.29 is 4.74 Å². The van der Waals surface area contributed by atoms with E-state index in [4.69, 9.17) is 21.9 Å². The Bertz CT molecular complexity index is 893. The molecular formula is C22H25N3OS. The minimum atomic E-state index is -0.331. The van der Waals surface area contributed by atoms with Crippen LogP contribution in [0.15, 0.2) is 59.6 Å². The molecule has 5 heteroatoms. The monoisotopic (exact) mass is 379 g/mol. The van der Waals surface area contributed by atoms with Crippen LogP contribution in [-0.4, -0.2) is 28.7 Å². The van der Waals surface area contributed by atoms with Gasteiger partial charge in [0.25, 0.3) is 0 Å². The van der Waals surface area contributed by atoms with Gasteiger partial charge in [-0.15, -0.1) is 0 Å². The summed E-state index contributed by atoms with van der Waals surface area (Å²) in [6.07, 6.45) is 1.65. The summed E-state index contributed by atoms with van der Waals surface area (Å²) in [5.41, 5.74) is 2.74. The molecule has 4 nitrogen and oxygen atoms in total. The third-order valence-corrected chi connectivity index (χ3v) is 5.56. The van der Waals surface area contributed by atoms with Crippen LogP contribution in [0, 0.1) is 6.92 Å². The Morgan fingerprint density at radius 2 is 1.89 bits per heavy atom. The molecule has 1 atom stereocenters. The van der Waals surface area contributed by atoms with Crippen LogP contribution in [0.25, 0.3) is 0 Å². The fourth-order valence-corrected chi connectivity index (χ4v) is 4.57. The summed E-state index contributed by atoms with van der Waals surface area (Å²) in [6, 6.07) is 18.6. The van der Waals surface area contributed by atoms with E-state index in [1.165, 1.54) is 5.56 Å². The van der Waals surface area contributed by atoms with Gasteiger partial charge >= 0.3 is 0 Å². The topological polar surface area (TPSA) is 36.9 Å². The predicted octanol–water partition coefficient (Wildman–Crippen LogP) is 4.94. The van der Waals surface area contributed by atoms with Gasteiger partial charge in [0.05, 0.1) is 5.60 Å². The van der Waals surface area contributed by atoms with Gasteiger partial charge in [-0.3, -0.25) is 0 Å². The molecule has 1 saturated heterocycles. The third-order valence-electron chi connectivity index (χ3n) is 5.29. The minimum absolute atomic E-state index is 0.251. The van der Waals surface area contributed by atoms with Crippen LogP contribution in [-0.2, 0) is 4.74 Å². The Kier molecular flexibility index (Phi) is 4.52. The first-order valence-electron chi connectivity index (χ1n) is 9.36. The van der Waals surface area contributed by atoms with Gasteiger partial charge in [0.15, 0.2) is 0 Å². The van der Waals surface area contributed by atoms with Crippen LogP contribution in [0.5, 0.6) is 0 Å². The zero-order valence-corrected chi connectivity index (χ0v) is 16.8. The van der Waals surface area contributed by atoms with Crippen LogP contribution >= 0.6 is 12.2 Å². The number of benzene rings is 2. The van der Waals surface area contributed by atoms with E-state index < -0.39 is 0 Å². The molecule has 0 aliphatic carbocycles. The van der Waals surface area contributed by atoms with E-state index in [9.17, 15) is 0 Å². The molecule has 2 heterocycles. The number of hydrogen-bond donors (Lipinski definition) is 1. The van der Waals surface area contributed by atoms with Crippen molar-refractivity contribution in [3.63, 3.8) is 0 Å². The molecule has 2 aromatic rings. The first-order chi connectivity index (χ1) is 12.9. The van der Waals surface area contributed by atoms with Crippen molar-refractivity contribution in [2.45, 2.75) is 44.8 Å². The fourth-order valence-electron chi connectivity index (χ4n) is 4.20. The Hall–Kier alpha value is -2.24. The van der Waals surface area contributed by atoms with Gasteiger partial charge in [-0.1, -0.05) is 30.3 Å². The molecule has 27 heavy (non-hydrogen) atoms. The van der Waals surface area contributed by atoms with E-state index in [0.29, 0.717) is 11.7 Å². The number of hydrogen-bond acceptors (Lipinski definition) is 3. The number of aryl methyl sites for hydroxylation is 1. The van der Waals surface area contributed by atoms with Crippen molar-refractivity contribution in [2.24, 2.45) is 4.99 Å². The van der Waals surface area contributed by atoms with Crippen LogP contribution < -0.4 is 10.2 Å². The number of amidine groups is 1. The van der Waals surface area contributed by atoms with E-state index in [0.717, 1.165) is 30.1 Å². The van der Waals surface area contributed by atoms with Crippen molar-refractivity contribution >= 4 is 34.5 Å². The largest absolute Gasteiger partial charge is 0.375 e. The van der Waals surface area contributed by atoms with Crippen molar-refractivity contribution in [3.8, 4) is 0 Å². The molecule has 2 aliphatic heterocycles. The van der Waals surface area contributed by atoms with Crippen molar-refractivity contribution in [1.82, 2.24) is 0 Å². The molecule has 0 bridgehead atoms. The van der Waals surface area contributed by atoms with E-state index in [1.807, 2.05) is 18.2 Å². The molecule has 1 N–H and O–H groups in total. The smallest absolute Gasteiger partial charge is 0.202 e. The van der Waals surface area contributed by atoms with Gasteiger partial charge in [0.2, 0.25) is 5.11 Å². The summed E-state index contributed by atoms with van der Waals surface area (Å²) in [7, 11) is 0. The second-order valence-corrected chi connectivity index (χ2v) is 8.34. The summed E-state index contributed by atoms with van der Waals surface area (Å²) in [6.45, 7) is 7.06. The number of nitrogens with zero attached hydrogens (tertiary/aromatic N) is 2. The Morgan fingerprint density at radius 3 is 2.59 bits per heavy atom. The zero-order chi connectivity index (χ0) is 19.1.